The van der Waals surface area contributed by atoms with Gasteiger partial charge < -0.3 is 15.0 Å². The number of nitrogen functional groups attached to an aromatic ring is 1. The smallest absolute Gasteiger partial charge is 0.175 e. The number of methoxy groups -OCH3 is 1. The summed E-state index contributed by atoms with van der Waals surface area (Å²) >= 11 is 0. The van der Waals surface area contributed by atoms with E-state index in [2.05, 4.69) is 19.0 Å². The predicted molar refractivity (Wildman–Crippen MR) is 76.2 cm³/mol. The van der Waals surface area contributed by atoms with Crippen LogP contribution >= 0.6 is 0 Å². The van der Waals surface area contributed by atoms with E-state index in [4.69, 9.17) is 15.0 Å². The van der Waals surface area contributed by atoms with Gasteiger partial charge in [0.2, 0.25) is 0 Å². The molecule has 2 N–H and O–H groups in total. The van der Waals surface area contributed by atoms with E-state index in [1.807, 2.05) is 24.3 Å². The van der Waals surface area contributed by atoms with Gasteiger partial charge in [-0.1, -0.05) is 37.2 Å². The van der Waals surface area contributed by atoms with E-state index in [9.17, 15) is 0 Å². The Labute approximate surface area is 113 Å². The average Bonchev–Trinajstić information content (AvgIpc) is 2.82. The fourth-order valence-electron chi connectivity index (χ4n) is 2.38. The molecule has 0 fully saturated rings. The molecule has 0 saturated carbocycles. The van der Waals surface area contributed by atoms with Crippen molar-refractivity contribution in [3.8, 4) is 16.9 Å². The monoisotopic (exact) mass is 260 g/mol. The number of hydrogen-bond acceptors (Lipinski definition) is 4. The van der Waals surface area contributed by atoms with Crippen LogP contribution in [0.1, 0.15) is 38.4 Å². The van der Waals surface area contributed by atoms with Gasteiger partial charge in [-0.3, -0.25) is 0 Å². The Balaban J connectivity index is 2.58. The standard InChI is InChI=1S/C15H20N2O2/c1-4-10(5-2)14-13(15(16)17-19-14)11-8-6-7-9-12(11)18-3/h6-10H,4-5H2,1-3H3,(H2,16,17). The maximum absolute atomic E-state index is 5.98. The molecular formula is C15H20N2O2. The molecule has 4 nitrogen and oxygen atoms in total. The van der Waals surface area contributed by atoms with Crippen LogP contribution in [0, 0.1) is 0 Å². The Morgan fingerprint density at radius 2 is 1.95 bits per heavy atom. The lowest BCUT2D eigenvalue weighted by molar-refractivity contribution is 0.355. The molecule has 0 saturated heterocycles. The highest BCUT2D eigenvalue weighted by molar-refractivity contribution is 5.80. The van der Waals surface area contributed by atoms with Crippen molar-refractivity contribution < 1.29 is 9.26 Å². The summed E-state index contributed by atoms with van der Waals surface area (Å²) in [6.45, 7) is 4.28. The fraction of sp³-hybridized carbons (Fsp3) is 0.400. The quantitative estimate of drug-likeness (QED) is 0.887. The van der Waals surface area contributed by atoms with Crippen LogP contribution in [-0.2, 0) is 0 Å². The van der Waals surface area contributed by atoms with Gasteiger partial charge in [0.05, 0.1) is 12.7 Å². The minimum Gasteiger partial charge on any atom is -0.496 e. The number of anilines is 1. The number of benzene rings is 1. The molecule has 0 aliphatic rings. The molecular weight excluding hydrogens is 240 g/mol. The Morgan fingerprint density at radius 1 is 1.26 bits per heavy atom. The SMILES string of the molecule is CCC(CC)c1onc(N)c1-c1ccccc1OC. The van der Waals surface area contributed by atoms with Crippen LogP contribution in [0.4, 0.5) is 5.82 Å². The van der Waals surface area contributed by atoms with Crippen molar-refractivity contribution in [3.63, 3.8) is 0 Å². The number of para-hydroxylation sites is 1. The van der Waals surface area contributed by atoms with Crippen molar-refractivity contribution in [1.29, 1.82) is 0 Å². The molecule has 0 amide bonds. The summed E-state index contributed by atoms with van der Waals surface area (Å²) in [6, 6.07) is 7.79. The Morgan fingerprint density at radius 3 is 2.58 bits per heavy atom. The third kappa shape index (κ3) is 2.43. The lowest BCUT2D eigenvalue weighted by atomic mass is 9.93. The van der Waals surface area contributed by atoms with Gasteiger partial charge in [0, 0.05) is 11.5 Å². The molecule has 0 radical (unpaired) electrons. The number of nitrogens with zero attached hydrogens (tertiary/aromatic N) is 1. The van der Waals surface area contributed by atoms with Crippen LogP contribution in [0.5, 0.6) is 5.75 Å². The Kier molecular flexibility index (Phi) is 4.10. The molecule has 102 valence electrons. The molecule has 0 atom stereocenters. The summed E-state index contributed by atoms with van der Waals surface area (Å²) in [5, 5.41) is 3.93. The fourth-order valence-corrected chi connectivity index (χ4v) is 2.38. The first-order chi connectivity index (χ1) is 9.22. The molecule has 0 unspecified atom stereocenters. The molecule has 2 rings (SSSR count). The highest BCUT2D eigenvalue weighted by Gasteiger charge is 2.23. The molecule has 4 heteroatoms. The van der Waals surface area contributed by atoms with E-state index >= 15 is 0 Å². The van der Waals surface area contributed by atoms with E-state index in [1.165, 1.54) is 0 Å². The normalized spacial score (nSPS) is 10.9. The molecule has 1 heterocycles. The molecule has 2 aromatic rings. The number of rotatable bonds is 5. The second kappa shape index (κ2) is 5.78. The van der Waals surface area contributed by atoms with Crippen molar-refractivity contribution in [2.24, 2.45) is 0 Å². The summed E-state index contributed by atoms with van der Waals surface area (Å²) in [7, 11) is 1.65. The van der Waals surface area contributed by atoms with Gasteiger partial charge in [0.1, 0.15) is 11.5 Å². The molecule has 1 aromatic carbocycles. The maximum Gasteiger partial charge on any atom is 0.175 e. The van der Waals surface area contributed by atoms with Gasteiger partial charge in [-0.15, -0.1) is 0 Å². The molecule has 1 aromatic heterocycles. The van der Waals surface area contributed by atoms with Crippen LogP contribution in [-0.4, -0.2) is 12.3 Å². The van der Waals surface area contributed by atoms with Gasteiger partial charge in [-0.25, -0.2) is 0 Å². The van der Waals surface area contributed by atoms with Crippen molar-refractivity contribution in [3.05, 3.63) is 30.0 Å². The van der Waals surface area contributed by atoms with Crippen molar-refractivity contribution in [1.82, 2.24) is 5.16 Å². The minimum absolute atomic E-state index is 0.324. The lowest BCUT2D eigenvalue weighted by Crippen LogP contribution is -1.98. The molecule has 0 aliphatic carbocycles. The molecule has 0 aliphatic heterocycles. The van der Waals surface area contributed by atoms with Gasteiger partial charge in [-0.05, 0) is 18.9 Å². The molecule has 0 bridgehead atoms. The van der Waals surface area contributed by atoms with E-state index in [0.29, 0.717) is 11.7 Å². The summed E-state index contributed by atoms with van der Waals surface area (Å²) in [5.74, 6) is 2.38. The Bertz CT molecular complexity index is 545. The van der Waals surface area contributed by atoms with Crippen LogP contribution in [0.25, 0.3) is 11.1 Å². The number of ether oxygens (including phenoxy) is 1. The highest BCUT2D eigenvalue weighted by atomic mass is 16.5. The zero-order valence-corrected chi connectivity index (χ0v) is 11.6. The summed E-state index contributed by atoms with van der Waals surface area (Å²) < 4.78 is 10.9. The third-order valence-corrected chi connectivity index (χ3v) is 3.48. The number of aromatic nitrogens is 1. The predicted octanol–water partition coefficient (Wildman–Crippen LogP) is 3.84. The topological polar surface area (TPSA) is 61.3 Å². The van der Waals surface area contributed by atoms with Crippen LogP contribution in [0.3, 0.4) is 0 Å². The van der Waals surface area contributed by atoms with Crippen LogP contribution in [0.2, 0.25) is 0 Å². The Hall–Kier alpha value is -1.97. The van der Waals surface area contributed by atoms with Crippen LogP contribution in [0.15, 0.2) is 28.8 Å². The molecule has 0 spiro atoms. The lowest BCUT2D eigenvalue weighted by Gasteiger charge is -2.12. The van der Waals surface area contributed by atoms with E-state index in [0.717, 1.165) is 35.5 Å². The second-order valence-corrected chi connectivity index (χ2v) is 4.52. The van der Waals surface area contributed by atoms with E-state index < -0.39 is 0 Å². The summed E-state index contributed by atoms with van der Waals surface area (Å²) in [6.07, 6.45) is 1.99. The number of nitrogens with two attached hydrogens (primary N) is 1. The molecule has 19 heavy (non-hydrogen) atoms. The first-order valence-corrected chi connectivity index (χ1v) is 6.61. The first kappa shape index (κ1) is 13.5. The van der Waals surface area contributed by atoms with Gasteiger partial charge in [-0.2, -0.15) is 0 Å². The largest absolute Gasteiger partial charge is 0.496 e. The zero-order chi connectivity index (χ0) is 13.8. The number of hydrogen-bond donors (Lipinski definition) is 1. The highest BCUT2D eigenvalue weighted by Crippen LogP contribution is 2.40. The second-order valence-electron chi connectivity index (χ2n) is 4.52. The van der Waals surface area contributed by atoms with Crippen LogP contribution < -0.4 is 10.5 Å². The summed E-state index contributed by atoms with van der Waals surface area (Å²) in [5.41, 5.74) is 7.79. The van der Waals surface area contributed by atoms with Gasteiger partial charge >= 0.3 is 0 Å². The van der Waals surface area contributed by atoms with E-state index in [1.54, 1.807) is 7.11 Å². The third-order valence-electron chi connectivity index (χ3n) is 3.48. The van der Waals surface area contributed by atoms with Gasteiger partial charge in [0.15, 0.2) is 5.82 Å². The van der Waals surface area contributed by atoms with E-state index in [-0.39, 0.29) is 0 Å². The summed E-state index contributed by atoms with van der Waals surface area (Å²) in [4.78, 5) is 0. The van der Waals surface area contributed by atoms with Crippen molar-refractivity contribution in [2.75, 3.05) is 12.8 Å². The maximum atomic E-state index is 5.98. The first-order valence-electron chi connectivity index (χ1n) is 6.61. The minimum atomic E-state index is 0.324. The zero-order valence-electron chi connectivity index (χ0n) is 11.6. The van der Waals surface area contributed by atoms with Crippen molar-refractivity contribution >= 4 is 5.82 Å². The average molecular weight is 260 g/mol. The van der Waals surface area contributed by atoms with Gasteiger partial charge in [0.25, 0.3) is 0 Å². The van der Waals surface area contributed by atoms with Crippen molar-refractivity contribution in [2.45, 2.75) is 32.6 Å².